The van der Waals surface area contributed by atoms with Crippen molar-refractivity contribution in [2.45, 2.75) is 63.2 Å². The van der Waals surface area contributed by atoms with Gasteiger partial charge in [-0.3, -0.25) is 9.88 Å². The average Bonchev–Trinajstić information content (AvgIpc) is 3.56. The molecule has 3 aliphatic rings. The fraction of sp³-hybridized carbons (Fsp3) is 0.469. The fourth-order valence-electron chi connectivity index (χ4n) is 7.43. The first-order valence-corrected chi connectivity index (χ1v) is 15.1. The molecule has 226 valence electrons. The first-order valence-electron chi connectivity index (χ1n) is 15.1. The van der Waals surface area contributed by atoms with E-state index in [2.05, 4.69) is 19.9 Å². The number of aliphatic hydroxyl groups is 2. The van der Waals surface area contributed by atoms with E-state index in [1.54, 1.807) is 11.0 Å². The van der Waals surface area contributed by atoms with Crippen LogP contribution < -0.4 is 9.64 Å². The van der Waals surface area contributed by atoms with Gasteiger partial charge in [-0.2, -0.15) is 9.97 Å². The van der Waals surface area contributed by atoms with Crippen LogP contribution in [0.4, 0.5) is 14.6 Å². The number of aromatic nitrogens is 3. The number of phenols is 1. The van der Waals surface area contributed by atoms with Crippen LogP contribution in [0, 0.1) is 11.6 Å². The largest absolute Gasteiger partial charge is 0.508 e. The van der Waals surface area contributed by atoms with Crippen molar-refractivity contribution in [3.05, 3.63) is 47.7 Å². The van der Waals surface area contributed by atoms with E-state index >= 15 is 4.39 Å². The minimum Gasteiger partial charge on any atom is -0.508 e. The number of fused-ring (bicyclic) bond motifs is 3. The third-order valence-electron chi connectivity index (χ3n) is 9.39. The van der Waals surface area contributed by atoms with Crippen LogP contribution in [0.15, 0.2) is 30.5 Å². The predicted octanol–water partition coefficient (Wildman–Crippen LogP) is 4.33. The Morgan fingerprint density at radius 3 is 2.51 bits per heavy atom. The van der Waals surface area contributed by atoms with Crippen molar-refractivity contribution in [3.63, 3.8) is 0 Å². The van der Waals surface area contributed by atoms with Crippen molar-refractivity contribution in [3.8, 4) is 23.0 Å². The number of aryl methyl sites for hydroxylation is 1. The van der Waals surface area contributed by atoms with Crippen molar-refractivity contribution >= 4 is 27.5 Å². The maximum Gasteiger partial charge on any atom is 0.319 e. The Hall–Kier alpha value is -3.67. The van der Waals surface area contributed by atoms with E-state index in [1.165, 1.54) is 24.4 Å². The minimum absolute atomic E-state index is 0.00212. The smallest absolute Gasteiger partial charge is 0.319 e. The van der Waals surface area contributed by atoms with Gasteiger partial charge in [0.25, 0.3) is 0 Å². The molecule has 0 saturated carbocycles. The predicted molar refractivity (Wildman–Crippen MR) is 158 cm³/mol. The van der Waals surface area contributed by atoms with E-state index in [-0.39, 0.29) is 53.6 Å². The SMILES string of the molecule is CCc1c(F)ccc2cc(O)cc(-c3ncc4c(N5C[C@H](O)C[C@@H](O)C5)nc(OCC56CCCN5CCC6)nc4c3F)c12. The van der Waals surface area contributed by atoms with Crippen LogP contribution in [-0.2, 0) is 6.42 Å². The van der Waals surface area contributed by atoms with Gasteiger partial charge in [0.2, 0.25) is 0 Å². The molecule has 0 unspecified atom stereocenters. The van der Waals surface area contributed by atoms with Crippen LogP contribution in [0.25, 0.3) is 32.9 Å². The lowest BCUT2D eigenvalue weighted by atomic mass is 9.94. The fourth-order valence-corrected chi connectivity index (χ4v) is 7.43. The summed E-state index contributed by atoms with van der Waals surface area (Å²) in [5.74, 6) is -0.969. The Balaban J connectivity index is 1.39. The van der Waals surface area contributed by atoms with Gasteiger partial charge in [0.05, 0.1) is 23.1 Å². The summed E-state index contributed by atoms with van der Waals surface area (Å²) in [6.07, 6.45) is 4.69. The first kappa shape index (κ1) is 28.1. The van der Waals surface area contributed by atoms with Gasteiger partial charge in [-0.15, -0.1) is 0 Å². The zero-order valence-electron chi connectivity index (χ0n) is 24.1. The number of anilines is 1. The van der Waals surface area contributed by atoms with E-state index < -0.39 is 23.8 Å². The van der Waals surface area contributed by atoms with Crippen LogP contribution in [0.3, 0.4) is 0 Å². The second-order valence-corrected chi connectivity index (χ2v) is 12.1. The number of aromatic hydroxyl groups is 1. The number of nitrogens with zero attached hydrogens (tertiary/aromatic N) is 5. The average molecular weight is 592 g/mol. The lowest BCUT2D eigenvalue weighted by Gasteiger charge is -2.35. The number of hydrogen-bond donors (Lipinski definition) is 3. The Kier molecular flexibility index (Phi) is 7.06. The zero-order chi connectivity index (χ0) is 29.9. The molecule has 3 saturated heterocycles. The highest BCUT2D eigenvalue weighted by Crippen LogP contribution is 2.41. The number of rotatable bonds is 6. The van der Waals surface area contributed by atoms with Crippen LogP contribution in [0.1, 0.15) is 44.6 Å². The molecule has 11 heteroatoms. The zero-order valence-corrected chi connectivity index (χ0v) is 24.1. The molecular weight excluding hydrogens is 556 g/mol. The van der Waals surface area contributed by atoms with Crippen molar-refractivity contribution in [2.24, 2.45) is 0 Å². The van der Waals surface area contributed by atoms with Crippen LogP contribution in [0.2, 0.25) is 0 Å². The van der Waals surface area contributed by atoms with E-state index in [1.807, 2.05) is 6.92 Å². The summed E-state index contributed by atoms with van der Waals surface area (Å²) in [6, 6.07) is 5.81. The van der Waals surface area contributed by atoms with Gasteiger partial charge in [0, 0.05) is 31.3 Å². The van der Waals surface area contributed by atoms with Crippen LogP contribution >= 0.6 is 0 Å². The molecule has 3 aliphatic heterocycles. The molecule has 2 aromatic heterocycles. The molecule has 0 bridgehead atoms. The van der Waals surface area contributed by atoms with E-state index in [0.717, 1.165) is 38.8 Å². The molecule has 0 radical (unpaired) electrons. The molecule has 2 atom stereocenters. The highest BCUT2D eigenvalue weighted by molar-refractivity contribution is 6.01. The number of piperidine rings is 1. The number of phenolic OH excluding ortho intramolecular Hbond substituents is 1. The molecule has 0 spiro atoms. The number of halogens is 2. The standard InChI is InChI=1S/C32H35F2N5O4/c1-2-22-25(33)6-5-18-11-19(40)13-23(26(18)22)28-27(34)29-24(14-35-28)30(38-15-20(41)12-21(42)16-38)37-31(36-29)43-17-32-7-3-9-39(32)10-4-8-32/h5-6,11,13-14,20-21,40-42H,2-4,7-10,12,15-17H2,1H3/t20-,21-/m1/s1. The number of pyridine rings is 1. The summed E-state index contributed by atoms with van der Waals surface area (Å²) < 4.78 is 37.8. The Morgan fingerprint density at radius 2 is 1.79 bits per heavy atom. The van der Waals surface area contributed by atoms with Gasteiger partial charge in [-0.25, -0.2) is 8.78 Å². The summed E-state index contributed by atoms with van der Waals surface area (Å²) in [5.41, 5.74) is 0.439. The van der Waals surface area contributed by atoms with Crippen molar-refractivity contribution in [2.75, 3.05) is 37.7 Å². The molecule has 3 N–H and O–H groups in total. The number of ether oxygens (including phenoxy) is 1. The quantitative estimate of drug-likeness (QED) is 0.301. The third kappa shape index (κ3) is 4.83. The number of hydrogen-bond acceptors (Lipinski definition) is 9. The van der Waals surface area contributed by atoms with Crippen molar-refractivity contribution < 1.29 is 28.8 Å². The molecule has 0 aliphatic carbocycles. The Bertz CT molecular complexity index is 1700. The minimum atomic E-state index is -0.791. The molecule has 0 amide bonds. The summed E-state index contributed by atoms with van der Waals surface area (Å²) >= 11 is 0. The number of β-amino-alcohol motifs (C(OH)–C–C–N with tert-alkyl or cyclic N) is 2. The van der Waals surface area contributed by atoms with Gasteiger partial charge in [-0.05, 0) is 79.7 Å². The molecule has 3 fully saturated rings. The van der Waals surface area contributed by atoms with Gasteiger partial charge in [0.15, 0.2) is 5.82 Å². The number of aliphatic hydroxyl groups excluding tert-OH is 2. The monoisotopic (exact) mass is 591 g/mol. The molecule has 2 aromatic carbocycles. The second-order valence-electron chi connectivity index (χ2n) is 12.1. The lowest BCUT2D eigenvalue weighted by molar-refractivity contribution is 0.0648. The Morgan fingerprint density at radius 1 is 1.05 bits per heavy atom. The summed E-state index contributed by atoms with van der Waals surface area (Å²) in [7, 11) is 0. The van der Waals surface area contributed by atoms with E-state index in [0.29, 0.717) is 40.6 Å². The molecule has 4 aromatic rings. The van der Waals surface area contributed by atoms with E-state index in [4.69, 9.17) is 4.74 Å². The maximum atomic E-state index is 16.7. The Labute approximate surface area is 247 Å². The highest BCUT2D eigenvalue weighted by atomic mass is 19.1. The molecule has 9 nitrogen and oxygen atoms in total. The summed E-state index contributed by atoms with van der Waals surface area (Å²) in [6.45, 7) is 4.63. The summed E-state index contributed by atoms with van der Waals surface area (Å²) in [4.78, 5) is 17.8. The maximum absolute atomic E-state index is 16.7. The topological polar surface area (TPSA) is 115 Å². The van der Waals surface area contributed by atoms with Crippen molar-refractivity contribution in [1.29, 1.82) is 0 Å². The normalized spacial score (nSPS) is 22.0. The second kappa shape index (κ2) is 10.8. The van der Waals surface area contributed by atoms with Gasteiger partial charge in [0.1, 0.15) is 35.2 Å². The lowest BCUT2D eigenvalue weighted by Crippen LogP contribution is -2.46. The molecule has 5 heterocycles. The molecule has 43 heavy (non-hydrogen) atoms. The molecular formula is C32H35F2N5O4. The van der Waals surface area contributed by atoms with Gasteiger partial charge in [-0.1, -0.05) is 13.0 Å². The van der Waals surface area contributed by atoms with Crippen LogP contribution in [-0.4, -0.2) is 85.7 Å². The van der Waals surface area contributed by atoms with Crippen molar-refractivity contribution in [1.82, 2.24) is 19.9 Å². The number of benzene rings is 2. The summed E-state index contributed by atoms with van der Waals surface area (Å²) in [5, 5.41) is 32.7. The molecule has 7 rings (SSSR count). The van der Waals surface area contributed by atoms with Gasteiger partial charge < -0.3 is 25.0 Å². The highest BCUT2D eigenvalue weighted by Gasteiger charge is 2.45. The van der Waals surface area contributed by atoms with Crippen LogP contribution in [0.5, 0.6) is 11.8 Å². The third-order valence-corrected chi connectivity index (χ3v) is 9.39. The van der Waals surface area contributed by atoms with E-state index in [9.17, 15) is 19.7 Å². The van der Waals surface area contributed by atoms with Gasteiger partial charge >= 0.3 is 6.01 Å². The first-order chi connectivity index (χ1) is 20.8.